The van der Waals surface area contributed by atoms with E-state index >= 15 is 0 Å². The highest BCUT2D eigenvalue weighted by Crippen LogP contribution is 2.48. The van der Waals surface area contributed by atoms with Crippen LogP contribution in [0.15, 0.2) is 24.3 Å². The number of rotatable bonds is 2. The maximum atomic E-state index is 10.9. The summed E-state index contributed by atoms with van der Waals surface area (Å²) in [5.74, 6) is 0.216. The fourth-order valence-electron chi connectivity index (χ4n) is 3.10. The molecule has 0 radical (unpaired) electrons. The van der Waals surface area contributed by atoms with Crippen molar-refractivity contribution in [3.63, 3.8) is 0 Å². The van der Waals surface area contributed by atoms with Gasteiger partial charge in [0.15, 0.2) is 0 Å². The molecule has 0 aliphatic heterocycles. The van der Waals surface area contributed by atoms with E-state index in [-0.39, 0.29) is 11.7 Å². The molecule has 0 spiro atoms. The topological polar surface area (TPSA) is 66.5 Å². The van der Waals surface area contributed by atoms with Crippen LogP contribution in [-0.2, 0) is 5.60 Å². The summed E-state index contributed by atoms with van der Waals surface area (Å²) in [6, 6.07) is 6.89. The molecule has 1 aromatic rings. The molecule has 3 nitrogen and oxygen atoms in total. The molecule has 1 aliphatic rings. The Morgan fingerprint density at radius 2 is 2.12 bits per heavy atom. The summed E-state index contributed by atoms with van der Waals surface area (Å²) in [5.41, 5.74) is 5.62. The quantitative estimate of drug-likeness (QED) is 0.735. The van der Waals surface area contributed by atoms with Gasteiger partial charge in [-0.15, -0.1) is 0 Å². The van der Waals surface area contributed by atoms with Crippen LogP contribution >= 0.6 is 0 Å². The lowest BCUT2D eigenvalue weighted by atomic mass is 9.74. The summed E-state index contributed by atoms with van der Waals surface area (Å²) in [4.78, 5) is 0. The molecule has 94 valence electrons. The van der Waals surface area contributed by atoms with Crippen molar-refractivity contribution in [1.29, 1.82) is 0 Å². The maximum absolute atomic E-state index is 10.9. The van der Waals surface area contributed by atoms with Gasteiger partial charge in [0.1, 0.15) is 5.75 Å². The molecule has 4 N–H and O–H groups in total. The molecule has 0 amide bonds. The summed E-state index contributed by atoms with van der Waals surface area (Å²) < 4.78 is 0. The lowest BCUT2D eigenvalue weighted by Gasteiger charge is -2.39. The van der Waals surface area contributed by atoms with Gasteiger partial charge >= 0.3 is 0 Å². The van der Waals surface area contributed by atoms with Crippen LogP contribution in [0.4, 0.5) is 0 Å². The first-order chi connectivity index (χ1) is 7.84. The third kappa shape index (κ3) is 2.17. The Hall–Kier alpha value is -1.06. The average molecular weight is 235 g/mol. The molecule has 2 atom stereocenters. The van der Waals surface area contributed by atoms with Gasteiger partial charge in [0, 0.05) is 11.5 Å². The Labute approximate surface area is 102 Å². The Morgan fingerprint density at radius 1 is 1.41 bits per heavy atom. The van der Waals surface area contributed by atoms with Crippen molar-refractivity contribution >= 4 is 0 Å². The zero-order valence-corrected chi connectivity index (χ0v) is 10.5. The van der Waals surface area contributed by atoms with Gasteiger partial charge in [-0.1, -0.05) is 12.1 Å². The normalized spacial score (nSPS) is 29.5. The van der Waals surface area contributed by atoms with E-state index in [1.807, 2.05) is 19.9 Å². The van der Waals surface area contributed by atoms with E-state index in [1.165, 1.54) is 0 Å². The number of benzene rings is 1. The van der Waals surface area contributed by atoms with Gasteiger partial charge in [-0.3, -0.25) is 0 Å². The van der Waals surface area contributed by atoms with Gasteiger partial charge in [0.2, 0.25) is 0 Å². The number of hydrogen-bond donors (Lipinski definition) is 3. The monoisotopic (exact) mass is 235 g/mol. The van der Waals surface area contributed by atoms with Crippen LogP contribution in [0.2, 0.25) is 0 Å². The number of phenolic OH excluding ortho intramolecular Hbond substituents is 1. The van der Waals surface area contributed by atoms with Gasteiger partial charge in [-0.25, -0.2) is 0 Å². The third-order valence-corrected chi connectivity index (χ3v) is 3.87. The number of nitrogens with two attached hydrogens (primary N) is 1. The van der Waals surface area contributed by atoms with E-state index in [4.69, 9.17) is 5.73 Å². The fourth-order valence-corrected chi connectivity index (χ4v) is 3.10. The van der Waals surface area contributed by atoms with Crippen molar-refractivity contribution in [2.45, 2.75) is 44.2 Å². The van der Waals surface area contributed by atoms with Crippen molar-refractivity contribution in [3.05, 3.63) is 29.8 Å². The van der Waals surface area contributed by atoms with Crippen LogP contribution in [-0.4, -0.2) is 15.8 Å². The Balaban J connectivity index is 2.41. The second-order valence-corrected chi connectivity index (χ2v) is 5.74. The molecular formula is C14H21NO2. The first-order valence-electron chi connectivity index (χ1n) is 6.15. The average Bonchev–Trinajstić information content (AvgIpc) is 2.61. The molecule has 0 heterocycles. The van der Waals surface area contributed by atoms with Crippen LogP contribution in [0.3, 0.4) is 0 Å². The molecule has 0 bridgehead atoms. The van der Waals surface area contributed by atoms with Crippen LogP contribution in [0, 0.1) is 5.92 Å². The number of aromatic hydroxyl groups is 1. The lowest BCUT2D eigenvalue weighted by molar-refractivity contribution is -0.0273. The SMILES string of the molecule is CC(C)(N)C1CCCC1(O)c1cccc(O)c1. The summed E-state index contributed by atoms with van der Waals surface area (Å²) in [6.07, 6.45) is 2.61. The van der Waals surface area contributed by atoms with E-state index in [9.17, 15) is 10.2 Å². The van der Waals surface area contributed by atoms with Gasteiger partial charge in [-0.05, 0) is 50.8 Å². The standard InChI is InChI=1S/C14H21NO2/c1-13(2,15)12-7-4-8-14(12,17)10-5-3-6-11(16)9-10/h3,5-6,9,12,16-17H,4,7-8,15H2,1-2H3. The third-order valence-electron chi connectivity index (χ3n) is 3.87. The predicted molar refractivity (Wildman–Crippen MR) is 67.6 cm³/mol. The molecule has 17 heavy (non-hydrogen) atoms. The maximum Gasteiger partial charge on any atom is 0.115 e. The molecular weight excluding hydrogens is 214 g/mol. The van der Waals surface area contributed by atoms with E-state index in [2.05, 4.69) is 0 Å². The van der Waals surface area contributed by atoms with Gasteiger partial charge in [0.05, 0.1) is 5.60 Å². The van der Waals surface area contributed by atoms with Crippen molar-refractivity contribution in [2.75, 3.05) is 0 Å². The summed E-state index contributed by atoms with van der Waals surface area (Å²) >= 11 is 0. The highest BCUT2D eigenvalue weighted by Gasteiger charge is 2.48. The Kier molecular flexibility index (Phi) is 2.92. The molecule has 0 aromatic heterocycles. The molecule has 1 fully saturated rings. The molecule has 2 rings (SSSR count). The van der Waals surface area contributed by atoms with Gasteiger partial charge < -0.3 is 15.9 Å². The minimum atomic E-state index is -0.906. The van der Waals surface area contributed by atoms with E-state index in [1.54, 1.807) is 18.2 Å². The minimum Gasteiger partial charge on any atom is -0.508 e. The minimum absolute atomic E-state index is 0.0248. The van der Waals surface area contributed by atoms with Crippen LogP contribution in [0.5, 0.6) is 5.75 Å². The zero-order valence-electron chi connectivity index (χ0n) is 10.5. The van der Waals surface area contributed by atoms with Gasteiger partial charge in [0.25, 0.3) is 0 Å². The van der Waals surface area contributed by atoms with Crippen LogP contribution in [0.1, 0.15) is 38.7 Å². The number of hydrogen-bond acceptors (Lipinski definition) is 3. The summed E-state index contributed by atoms with van der Waals surface area (Å²) in [7, 11) is 0. The van der Waals surface area contributed by atoms with Crippen LogP contribution < -0.4 is 5.73 Å². The molecule has 0 saturated heterocycles. The number of aliphatic hydroxyl groups is 1. The molecule has 1 aromatic carbocycles. The molecule has 1 saturated carbocycles. The van der Waals surface area contributed by atoms with E-state index in [0.717, 1.165) is 18.4 Å². The molecule has 2 unspecified atom stereocenters. The first kappa shape index (κ1) is 12.4. The molecule has 1 aliphatic carbocycles. The summed E-state index contributed by atoms with van der Waals surface area (Å²) in [6.45, 7) is 3.91. The second kappa shape index (κ2) is 4.00. The van der Waals surface area contributed by atoms with Gasteiger partial charge in [-0.2, -0.15) is 0 Å². The van der Waals surface area contributed by atoms with Crippen LogP contribution in [0.25, 0.3) is 0 Å². The van der Waals surface area contributed by atoms with E-state index < -0.39 is 11.1 Å². The van der Waals surface area contributed by atoms with Crippen molar-refractivity contribution in [2.24, 2.45) is 11.7 Å². The van der Waals surface area contributed by atoms with Crippen molar-refractivity contribution < 1.29 is 10.2 Å². The highest BCUT2D eigenvalue weighted by molar-refractivity contribution is 5.33. The van der Waals surface area contributed by atoms with Crippen molar-refractivity contribution in [1.82, 2.24) is 0 Å². The predicted octanol–water partition coefficient (Wildman–Crippen LogP) is 2.12. The Bertz CT molecular complexity index is 411. The second-order valence-electron chi connectivity index (χ2n) is 5.74. The summed E-state index contributed by atoms with van der Waals surface area (Å²) in [5, 5.41) is 20.4. The fraction of sp³-hybridized carbons (Fsp3) is 0.571. The van der Waals surface area contributed by atoms with Crippen molar-refractivity contribution in [3.8, 4) is 5.75 Å². The largest absolute Gasteiger partial charge is 0.508 e. The van der Waals surface area contributed by atoms with E-state index in [0.29, 0.717) is 6.42 Å². The molecule has 3 heteroatoms. The highest BCUT2D eigenvalue weighted by atomic mass is 16.3. The zero-order chi connectivity index (χ0) is 12.7. The first-order valence-corrected chi connectivity index (χ1v) is 6.15. The number of phenols is 1. The lowest BCUT2D eigenvalue weighted by Crippen LogP contribution is -2.49. The Morgan fingerprint density at radius 3 is 2.71 bits per heavy atom. The smallest absolute Gasteiger partial charge is 0.115 e.